The Morgan fingerprint density at radius 1 is 1.50 bits per heavy atom. The highest BCUT2D eigenvalue weighted by molar-refractivity contribution is 5.83. The molecule has 0 bridgehead atoms. The van der Waals surface area contributed by atoms with Crippen LogP contribution in [0.1, 0.15) is 40.5 Å². The minimum Gasteiger partial charge on any atom is -0.350 e. The third-order valence-corrected chi connectivity index (χ3v) is 2.66. The van der Waals surface area contributed by atoms with E-state index in [1.807, 2.05) is 20.8 Å². The van der Waals surface area contributed by atoms with Gasteiger partial charge in [-0.05, 0) is 39.7 Å². The standard InChI is InChI=1S/C11H22N2O/c1-5-8-6-7-12-9(8)10(14)13-11(2,3)4/h8-9,12H,5-7H2,1-4H3,(H,13,14)/t8?,9-/m0/s1. The lowest BCUT2D eigenvalue weighted by molar-refractivity contribution is -0.125. The molecule has 1 unspecified atom stereocenters. The summed E-state index contributed by atoms with van der Waals surface area (Å²) in [5.74, 6) is 0.666. The molecular formula is C11H22N2O. The molecule has 1 aliphatic rings. The van der Waals surface area contributed by atoms with Gasteiger partial charge in [0.1, 0.15) is 0 Å². The summed E-state index contributed by atoms with van der Waals surface area (Å²) >= 11 is 0. The molecule has 1 rings (SSSR count). The molecule has 3 heteroatoms. The monoisotopic (exact) mass is 198 g/mol. The van der Waals surface area contributed by atoms with Gasteiger partial charge < -0.3 is 10.6 Å². The van der Waals surface area contributed by atoms with E-state index in [-0.39, 0.29) is 17.5 Å². The highest BCUT2D eigenvalue weighted by atomic mass is 16.2. The van der Waals surface area contributed by atoms with Crippen LogP contribution < -0.4 is 10.6 Å². The first-order chi connectivity index (χ1) is 6.44. The van der Waals surface area contributed by atoms with Crippen LogP contribution in [0, 0.1) is 5.92 Å². The molecule has 2 atom stereocenters. The molecule has 0 spiro atoms. The van der Waals surface area contributed by atoms with Crippen molar-refractivity contribution in [1.29, 1.82) is 0 Å². The van der Waals surface area contributed by atoms with Gasteiger partial charge in [-0.15, -0.1) is 0 Å². The van der Waals surface area contributed by atoms with Crippen LogP contribution in [0.2, 0.25) is 0 Å². The molecule has 1 amide bonds. The maximum Gasteiger partial charge on any atom is 0.237 e. The quantitative estimate of drug-likeness (QED) is 0.702. The van der Waals surface area contributed by atoms with Crippen LogP contribution in [0.25, 0.3) is 0 Å². The van der Waals surface area contributed by atoms with Gasteiger partial charge in [-0.2, -0.15) is 0 Å². The van der Waals surface area contributed by atoms with Crippen LogP contribution in [0.4, 0.5) is 0 Å². The van der Waals surface area contributed by atoms with Gasteiger partial charge in [-0.25, -0.2) is 0 Å². The molecule has 2 N–H and O–H groups in total. The minimum atomic E-state index is -0.125. The molecule has 0 aliphatic carbocycles. The third-order valence-electron chi connectivity index (χ3n) is 2.66. The second-order valence-corrected chi connectivity index (χ2v) is 5.13. The smallest absolute Gasteiger partial charge is 0.237 e. The van der Waals surface area contributed by atoms with Crippen LogP contribution in [-0.2, 0) is 4.79 Å². The van der Waals surface area contributed by atoms with Crippen LogP contribution in [-0.4, -0.2) is 24.0 Å². The van der Waals surface area contributed by atoms with Gasteiger partial charge in [0.25, 0.3) is 0 Å². The molecule has 1 fully saturated rings. The van der Waals surface area contributed by atoms with Gasteiger partial charge in [0.15, 0.2) is 0 Å². The van der Waals surface area contributed by atoms with Crippen molar-refractivity contribution in [3.63, 3.8) is 0 Å². The Morgan fingerprint density at radius 2 is 2.14 bits per heavy atom. The number of hydrogen-bond donors (Lipinski definition) is 2. The first-order valence-corrected chi connectivity index (χ1v) is 5.49. The van der Waals surface area contributed by atoms with Crippen molar-refractivity contribution in [3.05, 3.63) is 0 Å². The van der Waals surface area contributed by atoms with Crippen molar-refractivity contribution in [2.45, 2.75) is 52.1 Å². The Bertz CT molecular complexity index is 208. The van der Waals surface area contributed by atoms with Gasteiger partial charge in [-0.1, -0.05) is 13.3 Å². The van der Waals surface area contributed by atoms with E-state index in [2.05, 4.69) is 17.6 Å². The molecule has 0 aromatic rings. The fourth-order valence-corrected chi connectivity index (χ4v) is 1.95. The summed E-state index contributed by atoms with van der Waals surface area (Å²) in [6.45, 7) is 9.16. The number of amides is 1. The maximum atomic E-state index is 11.9. The molecule has 0 radical (unpaired) electrons. The zero-order valence-electron chi connectivity index (χ0n) is 9.68. The summed E-state index contributed by atoms with van der Waals surface area (Å²) in [6, 6.07) is 0.0271. The topological polar surface area (TPSA) is 41.1 Å². The lowest BCUT2D eigenvalue weighted by Gasteiger charge is -2.25. The van der Waals surface area contributed by atoms with E-state index in [9.17, 15) is 4.79 Å². The zero-order valence-corrected chi connectivity index (χ0v) is 9.68. The first-order valence-electron chi connectivity index (χ1n) is 5.49. The van der Waals surface area contributed by atoms with E-state index in [4.69, 9.17) is 0 Å². The highest BCUT2D eigenvalue weighted by Gasteiger charge is 2.32. The first kappa shape index (κ1) is 11.5. The Balaban J connectivity index is 2.52. The molecule has 0 aromatic carbocycles. The Hall–Kier alpha value is -0.570. The Morgan fingerprint density at radius 3 is 2.64 bits per heavy atom. The summed E-state index contributed by atoms with van der Waals surface area (Å²) in [5.41, 5.74) is -0.125. The van der Waals surface area contributed by atoms with Crippen LogP contribution >= 0.6 is 0 Å². The Labute approximate surface area is 86.6 Å². The summed E-state index contributed by atoms with van der Waals surface area (Å²) in [5, 5.41) is 6.29. The van der Waals surface area contributed by atoms with Crippen molar-refractivity contribution in [2.24, 2.45) is 5.92 Å². The average Bonchev–Trinajstić information content (AvgIpc) is 2.47. The van der Waals surface area contributed by atoms with E-state index in [0.29, 0.717) is 5.92 Å². The fourth-order valence-electron chi connectivity index (χ4n) is 1.95. The van der Waals surface area contributed by atoms with Gasteiger partial charge >= 0.3 is 0 Å². The van der Waals surface area contributed by atoms with E-state index < -0.39 is 0 Å². The summed E-state index contributed by atoms with van der Waals surface area (Å²) in [6.07, 6.45) is 2.20. The lowest BCUT2D eigenvalue weighted by Crippen LogP contribution is -2.50. The third kappa shape index (κ3) is 2.98. The van der Waals surface area contributed by atoms with E-state index in [0.717, 1.165) is 19.4 Å². The number of carbonyl (C=O) groups is 1. The SMILES string of the molecule is CCC1CCN[C@@H]1C(=O)NC(C)(C)C. The molecule has 0 saturated carbocycles. The summed E-state index contributed by atoms with van der Waals surface area (Å²) < 4.78 is 0. The van der Waals surface area contributed by atoms with Gasteiger partial charge in [0.2, 0.25) is 5.91 Å². The molecule has 82 valence electrons. The van der Waals surface area contributed by atoms with E-state index in [1.165, 1.54) is 0 Å². The second kappa shape index (κ2) is 4.30. The minimum absolute atomic E-state index is 0.0271. The molecule has 1 saturated heterocycles. The lowest BCUT2D eigenvalue weighted by atomic mass is 9.96. The predicted octanol–water partition coefficient (Wildman–Crippen LogP) is 1.29. The molecule has 3 nitrogen and oxygen atoms in total. The maximum absolute atomic E-state index is 11.9. The van der Waals surface area contributed by atoms with Crippen LogP contribution in [0.5, 0.6) is 0 Å². The molecule has 1 heterocycles. The zero-order chi connectivity index (χ0) is 10.8. The Kier molecular flexibility index (Phi) is 3.53. The summed E-state index contributed by atoms with van der Waals surface area (Å²) in [7, 11) is 0. The molecule has 0 aromatic heterocycles. The molecule has 1 aliphatic heterocycles. The predicted molar refractivity (Wildman–Crippen MR) is 58.1 cm³/mol. The number of hydrogen-bond acceptors (Lipinski definition) is 2. The van der Waals surface area contributed by atoms with Crippen molar-refractivity contribution >= 4 is 5.91 Å². The molecule has 14 heavy (non-hydrogen) atoms. The van der Waals surface area contributed by atoms with E-state index in [1.54, 1.807) is 0 Å². The van der Waals surface area contributed by atoms with Crippen LogP contribution in [0.15, 0.2) is 0 Å². The van der Waals surface area contributed by atoms with Gasteiger partial charge in [-0.3, -0.25) is 4.79 Å². The van der Waals surface area contributed by atoms with Crippen molar-refractivity contribution in [2.75, 3.05) is 6.54 Å². The fraction of sp³-hybridized carbons (Fsp3) is 0.909. The van der Waals surface area contributed by atoms with E-state index >= 15 is 0 Å². The normalized spacial score (nSPS) is 27.7. The highest BCUT2D eigenvalue weighted by Crippen LogP contribution is 2.19. The largest absolute Gasteiger partial charge is 0.350 e. The van der Waals surface area contributed by atoms with Crippen molar-refractivity contribution < 1.29 is 4.79 Å². The van der Waals surface area contributed by atoms with Crippen molar-refractivity contribution in [1.82, 2.24) is 10.6 Å². The number of rotatable bonds is 2. The second-order valence-electron chi connectivity index (χ2n) is 5.13. The average molecular weight is 198 g/mol. The number of nitrogens with one attached hydrogen (secondary N) is 2. The van der Waals surface area contributed by atoms with Crippen molar-refractivity contribution in [3.8, 4) is 0 Å². The summed E-state index contributed by atoms with van der Waals surface area (Å²) in [4.78, 5) is 11.9. The van der Waals surface area contributed by atoms with Gasteiger partial charge in [0, 0.05) is 5.54 Å². The number of carbonyl (C=O) groups excluding carboxylic acids is 1. The van der Waals surface area contributed by atoms with Crippen LogP contribution in [0.3, 0.4) is 0 Å². The van der Waals surface area contributed by atoms with Gasteiger partial charge in [0.05, 0.1) is 6.04 Å². The molecular weight excluding hydrogens is 176 g/mol.